The molecule has 1 aromatic rings. The molecule has 0 fully saturated rings. The van der Waals surface area contributed by atoms with Crippen molar-refractivity contribution in [2.75, 3.05) is 13.2 Å². The summed E-state index contributed by atoms with van der Waals surface area (Å²) < 4.78 is 19.8. The molecule has 0 unspecified atom stereocenters. The lowest BCUT2D eigenvalue weighted by Crippen LogP contribution is -2.36. The van der Waals surface area contributed by atoms with Crippen molar-refractivity contribution in [2.45, 2.75) is 40.9 Å². The molecule has 0 spiro atoms. The topological polar surface area (TPSA) is 105 Å². The van der Waals surface area contributed by atoms with E-state index in [0.717, 1.165) is 0 Å². The van der Waals surface area contributed by atoms with Crippen LogP contribution >= 0.6 is 0 Å². The molecule has 1 aromatic carbocycles. The van der Waals surface area contributed by atoms with Crippen LogP contribution in [0.4, 0.5) is 0 Å². The quantitative estimate of drug-likeness (QED) is 0.192. The first-order valence-electron chi connectivity index (χ1n) is 9.08. The average molecular weight is 406 g/mol. The van der Waals surface area contributed by atoms with Crippen LogP contribution in [0.25, 0.3) is 0 Å². The third kappa shape index (κ3) is 7.06. The monoisotopic (exact) mass is 406 g/mol. The Morgan fingerprint density at radius 3 is 1.66 bits per heavy atom. The summed E-state index contributed by atoms with van der Waals surface area (Å²) in [6.07, 6.45) is 0. The Hall–Kier alpha value is -3.16. The van der Waals surface area contributed by atoms with Gasteiger partial charge >= 0.3 is 23.9 Å². The van der Waals surface area contributed by atoms with Crippen LogP contribution < -0.4 is 0 Å². The number of ether oxygens (including phenoxy) is 4. The highest BCUT2D eigenvalue weighted by Gasteiger charge is 2.39. The van der Waals surface area contributed by atoms with Crippen LogP contribution in [0.5, 0.6) is 0 Å². The molecule has 8 heteroatoms. The molecule has 0 atom stereocenters. The van der Waals surface area contributed by atoms with Crippen molar-refractivity contribution in [3.63, 3.8) is 0 Å². The van der Waals surface area contributed by atoms with Crippen LogP contribution in [0, 0.1) is 5.41 Å². The molecule has 158 valence electrons. The maximum Gasteiger partial charge on any atom is 0.345 e. The lowest BCUT2D eigenvalue weighted by molar-refractivity contribution is -0.170. The second-order valence-electron chi connectivity index (χ2n) is 6.51. The van der Waals surface area contributed by atoms with Gasteiger partial charge < -0.3 is 18.9 Å². The normalized spacial score (nSPS) is 10.6. The fourth-order valence-corrected chi connectivity index (χ4v) is 1.99. The molecule has 29 heavy (non-hydrogen) atoms. The highest BCUT2D eigenvalue weighted by atomic mass is 16.6. The molecule has 0 aliphatic carbocycles. The third-order valence-corrected chi connectivity index (χ3v) is 3.83. The fourth-order valence-electron chi connectivity index (χ4n) is 1.99. The van der Waals surface area contributed by atoms with E-state index >= 15 is 0 Å². The molecular formula is C21H26O8. The summed E-state index contributed by atoms with van der Waals surface area (Å²) in [5.74, 6) is -3.01. The van der Waals surface area contributed by atoms with Crippen LogP contribution in [0.3, 0.4) is 0 Å². The molecule has 0 saturated heterocycles. The maximum absolute atomic E-state index is 12.1. The van der Waals surface area contributed by atoms with Gasteiger partial charge in [-0.25, -0.2) is 9.59 Å². The minimum atomic E-state index is -1.40. The van der Waals surface area contributed by atoms with Crippen LogP contribution in [0.1, 0.15) is 38.8 Å². The van der Waals surface area contributed by atoms with Gasteiger partial charge in [-0.2, -0.15) is 0 Å². The first kappa shape index (κ1) is 23.9. The van der Waals surface area contributed by atoms with Crippen LogP contribution in [-0.2, 0) is 51.3 Å². The van der Waals surface area contributed by atoms with Gasteiger partial charge in [-0.05, 0) is 38.8 Å². The summed E-state index contributed by atoms with van der Waals surface area (Å²) in [5.41, 5.74) is -0.425. The van der Waals surface area contributed by atoms with Crippen molar-refractivity contribution in [1.29, 1.82) is 0 Å². The molecule has 0 amide bonds. The number of benzene rings is 1. The van der Waals surface area contributed by atoms with E-state index in [1.165, 1.54) is 13.8 Å². The molecule has 0 N–H and O–H groups in total. The summed E-state index contributed by atoms with van der Waals surface area (Å²) in [7, 11) is 0. The average Bonchev–Trinajstić information content (AvgIpc) is 2.70. The minimum absolute atomic E-state index is 0.0264. The predicted octanol–water partition coefficient (Wildman–Crippen LogP) is 2.48. The third-order valence-electron chi connectivity index (χ3n) is 3.83. The number of carbonyl (C=O) groups is 4. The number of esters is 4. The van der Waals surface area contributed by atoms with E-state index in [0.29, 0.717) is 11.1 Å². The highest BCUT2D eigenvalue weighted by Crippen LogP contribution is 2.20. The standard InChI is InChI=1S/C21H26O8/c1-6-26-17(22)14(3)18(23)28-12-15-8-10-16(11-9-15)13-29-20(25)21(4,5)19(24)27-7-2/h8-11H,3,6-7,12-13H2,1-2,4-5H3. The Labute approximate surface area is 169 Å². The Bertz CT molecular complexity index is 761. The van der Waals surface area contributed by atoms with Gasteiger partial charge in [0.1, 0.15) is 18.8 Å². The van der Waals surface area contributed by atoms with Gasteiger partial charge in [-0.1, -0.05) is 30.8 Å². The van der Waals surface area contributed by atoms with E-state index in [2.05, 4.69) is 11.3 Å². The zero-order chi connectivity index (χ0) is 22.0. The summed E-state index contributed by atoms with van der Waals surface area (Å²) >= 11 is 0. The molecule has 0 saturated carbocycles. The van der Waals surface area contributed by atoms with Crippen molar-refractivity contribution in [3.8, 4) is 0 Å². The van der Waals surface area contributed by atoms with Crippen molar-refractivity contribution < 1.29 is 38.1 Å². The molecule has 0 heterocycles. The molecule has 0 bridgehead atoms. The van der Waals surface area contributed by atoms with Crippen molar-refractivity contribution >= 4 is 23.9 Å². The number of carbonyl (C=O) groups excluding carboxylic acids is 4. The number of hydrogen-bond acceptors (Lipinski definition) is 8. The molecule has 0 aromatic heterocycles. The second kappa shape index (κ2) is 11.0. The first-order chi connectivity index (χ1) is 13.6. The summed E-state index contributed by atoms with van der Waals surface area (Å²) in [6, 6.07) is 6.74. The minimum Gasteiger partial charge on any atom is -0.465 e. The zero-order valence-corrected chi connectivity index (χ0v) is 17.1. The molecule has 0 radical (unpaired) electrons. The van der Waals surface area contributed by atoms with E-state index in [1.807, 2.05) is 0 Å². The predicted molar refractivity (Wildman–Crippen MR) is 102 cm³/mol. The number of rotatable bonds is 10. The smallest absolute Gasteiger partial charge is 0.345 e. The Morgan fingerprint density at radius 2 is 1.17 bits per heavy atom. The Balaban J connectivity index is 2.55. The van der Waals surface area contributed by atoms with E-state index in [9.17, 15) is 19.2 Å². The summed E-state index contributed by atoms with van der Waals surface area (Å²) in [6.45, 7) is 9.73. The van der Waals surface area contributed by atoms with Crippen LogP contribution in [0.2, 0.25) is 0 Å². The van der Waals surface area contributed by atoms with Gasteiger partial charge in [0.05, 0.1) is 13.2 Å². The van der Waals surface area contributed by atoms with Crippen molar-refractivity contribution in [1.82, 2.24) is 0 Å². The van der Waals surface area contributed by atoms with E-state index in [-0.39, 0.29) is 32.0 Å². The van der Waals surface area contributed by atoms with E-state index in [4.69, 9.17) is 14.2 Å². The Morgan fingerprint density at radius 1 is 0.759 bits per heavy atom. The lowest BCUT2D eigenvalue weighted by atomic mass is 9.94. The van der Waals surface area contributed by atoms with E-state index < -0.39 is 29.3 Å². The van der Waals surface area contributed by atoms with Crippen LogP contribution in [0.15, 0.2) is 36.4 Å². The number of hydrogen-bond donors (Lipinski definition) is 0. The molecular weight excluding hydrogens is 380 g/mol. The van der Waals surface area contributed by atoms with Gasteiger partial charge in [0.15, 0.2) is 5.41 Å². The summed E-state index contributed by atoms with van der Waals surface area (Å²) in [4.78, 5) is 47.1. The summed E-state index contributed by atoms with van der Waals surface area (Å²) in [5, 5.41) is 0. The molecule has 0 aliphatic heterocycles. The van der Waals surface area contributed by atoms with Gasteiger partial charge in [0, 0.05) is 0 Å². The molecule has 0 aliphatic rings. The zero-order valence-electron chi connectivity index (χ0n) is 17.1. The van der Waals surface area contributed by atoms with Gasteiger partial charge in [0.2, 0.25) is 0 Å². The second-order valence-corrected chi connectivity index (χ2v) is 6.51. The lowest BCUT2D eigenvalue weighted by Gasteiger charge is -2.20. The van der Waals surface area contributed by atoms with E-state index in [1.54, 1.807) is 38.1 Å². The SMILES string of the molecule is C=C(C(=O)OCC)C(=O)OCc1ccc(COC(=O)C(C)(C)C(=O)OCC)cc1. The first-order valence-corrected chi connectivity index (χ1v) is 9.08. The van der Waals surface area contributed by atoms with Crippen LogP contribution in [-0.4, -0.2) is 37.1 Å². The van der Waals surface area contributed by atoms with Gasteiger partial charge in [-0.15, -0.1) is 0 Å². The van der Waals surface area contributed by atoms with Gasteiger partial charge in [-0.3, -0.25) is 9.59 Å². The maximum atomic E-state index is 12.1. The fraction of sp³-hybridized carbons (Fsp3) is 0.429. The van der Waals surface area contributed by atoms with Crippen molar-refractivity contribution in [2.24, 2.45) is 5.41 Å². The Kier molecular flexibility index (Phi) is 9.05. The van der Waals surface area contributed by atoms with Crippen molar-refractivity contribution in [3.05, 3.63) is 47.5 Å². The molecule has 1 rings (SSSR count). The molecule has 8 nitrogen and oxygen atoms in total. The highest BCUT2D eigenvalue weighted by molar-refractivity contribution is 6.13. The van der Waals surface area contributed by atoms with Gasteiger partial charge in [0.25, 0.3) is 0 Å². The largest absolute Gasteiger partial charge is 0.465 e.